The summed E-state index contributed by atoms with van der Waals surface area (Å²) in [5.41, 5.74) is 0.580. The SMILES string of the molecule is C[C@H]([NH2+][C@H](C)C(=O)Nc1ccc(F)c(F)c1F)c1ccc(Cl)cc1. The van der Waals surface area contributed by atoms with Gasteiger partial charge in [-0.05, 0) is 38.1 Å². The van der Waals surface area contributed by atoms with Crippen molar-refractivity contribution in [2.75, 3.05) is 5.32 Å². The van der Waals surface area contributed by atoms with E-state index in [0.717, 1.165) is 17.7 Å². The first-order chi connectivity index (χ1) is 11.3. The molecule has 2 aromatic rings. The Bertz CT molecular complexity index is 737. The number of hydrogen-bond acceptors (Lipinski definition) is 1. The van der Waals surface area contributed by atoms with Crippen LogP contribution in [-0.4, -0.2) is 11.9 Å². The minimum Gasteiger partial charge on any atom is -0.330 e. The molecule has 2 atom stereocenters. The highest BCUT2D eigenvalue weighted by molar-refractivity contribution is 6.30. The second-order valence-electron chi connectivity index (χ2n) is 5.53. The lowest BCUT2D eigenvalue weighted by atomic mass is 10.1. The highest BCUT2D eigenvalue weighted by Gasteiger charge is 2.22. The molecule has 0 saturated heterocycles. The first-order valence-corrected chi connectivity index (χ1v) is 7.72. The van der Waals surface area contributed by atoms with Gasteiger partial charge in [-0.2, -0.15) is 0 Å². The third kappa shape index (κ3) is 4.27. The fraction of sp³-hybridized carbons (Fsp3) is 0.235. The number of halogens is 4. The smallest absolute Gasteiger partial charge is 0.282 e. The van der Waals surface area contributed by atoms with Gasteiger partial charge in [-0.3, -0.25) is 4.79 Å². The van der Waals surface area contributed by atoms with Crippen LogP contribution in [0, 0.1) is 17.5 Å². The Kier molecular flexibility index (Phi) is 5.85. The molecule has 3 N–H and O–H groups in total. The van der Waals surface area contributed by atoms with Crippen molar-refractivity contribution in [2.24, 2.45) is 0 Å². The highest BCUT2D eigenvalue weighted by Crippen LogP contribution is 2.19. The highest BCUT2D eigenvalue weighted by atomic mass is 35.5. The quantitative estimate of drug-likeness (QED) is 0.791. The van der Waals surface area contributed by atoms with Gasteiger partial charge in [-0.1, -0.05) is 23.7 Å². The zero-order valence-corrected chi connectivity index (χ0v) is 13.9. The van der Waals surface area contributed by atoms with Gasteiger partial charge in [0.15, 0.2) is 23.5 Å². The molecule has 2 rings (SSSR count). The number of rotatable bonds is 5. The summed E-state index contributed by atoms with van der Waals surface area (Å²) < 4.78 is 39.7. The van der Waals surface area contributed by atoms with Gasteiger partial charge >= 0.3 is 0 Å². The topological polar surface area (TPSA) is 45.7 Å². The van der Waals surface area contributed by atoms with Crippen molar-refractivity contribution < 1.29 is 23.3 Å². The average molecular weight is 358 g/mol. The van der Waals surface area contributed by atoms with Crippen molar-refractivity contribution >= 4 is 23.2 Å². The van der Waals surface area contributed by atoms with Crippen molar-refractivity contribution in [3.63, 3.8) is 0 Å². The number of hydrogen-bond donors (Lipinski definition) is 2. The summed E-state index contributed by atoms with van der Waals surface area (Å²) in [7, 11) is 0. The molecule has 0 heterocycles. The van der Waals surface area contributed by atoms with Crippen molar-refractivity contribution in [3.8, 4) is 0 Å². The predicted molar refractivity (Wildman–Crippen MR) is 86.2 cm³/mol. The number of carbonyl (C=O) groups excluding carboxylic acids is 1. The minimum atomic E-state index is -1.61. The van der Waals surface area contributed by atoms with E-state index in [1.54, 1.807) is 24.4 Å². The molecule has 3 nitrogen and oxygen atoms in total. The van der Waals surface area contributed by atoms with Crippen LogP contribution in [-0.2, 0) is 4.79 Å². The van der Waals surface area contributed by atoms with Gasteiger partial charge in [0.2, 0.25) is 0 Å². The summed E-state index contributed by atoms with van der Waals surface area (Å²) in [6, 6.07) is 8.35. The zero-order valence-electron chi connectivity index (χ0n) is 13.1. The molecule has 2 aromatic carbocycles. The third-order valence-corrected chi connectivity index (χ3v) is 3.93. The molecular formula is C17H17ClF3N2O+. The number of carbonyl (C=O) groups is 1. The van der Waals surface area contributed by atoms with Gasteiger partial charge in [-0.25, -0.2) is 13.2 Å². The Morgan fingerprint density at radius 1 is 1.04 bits per heavy atom. The number of benzene rings is 2. The Morgan fingerprint density at radius 2 is 1.67 bits per heavy atom. The second-order valence-corrected chi connectivity index (χ2v) is 5.97. The molecular weight excluding hydrogens is 341 g/mol. The maximum absolute atomic E-state index is 13.6. The van der Waals surface area contributed by atoms with Gasteiger partial charge < -0.3 is 10.6 Å². The molecule has 0 aliphatic rings. The standard InChI is InChI=1S/C17H16ClF3N2O/c1-9(11-3-5-12(18)6-4-11)22-10(2)17(24)23-14-8-7-13(19)15(20)16(14)21/h3-10,22H,1-2H3,(H,23,24)/p+1/t9-,10+/m0/s1. The van der Waals surface area contributed by atoms with E-state index in [-0.39, 0.29) is 6.04 Å². The zero-order chi connectivity index (χ0) is 17.9. The van der Waals surface area contributed by atoms with Crippen LogP contribution in [0.15, 0.2) is 36.4 Å². The monoisotopic (exact) mass is 357 g/mol. The van der Waals surface area contributed by atoms with Gasteiger partial charge in [-0.15, -0.1) is 0 Å². The third-order valence-electron chi connectivity index (χ3n) is 3.68. The van der Waals surface area contributed by atoms with Crippen LogP contribution in [0.4, 0.5) is 18.9 Å². The normalized spacial score (nSPS) is 13.4. The molecule has 0 aliphatic heterocycles. The van der Waals surface area contributed by atoms with Crippen LogP contribution in [0.3, 0.4) is 0 Å². The van der Waals surface area contributed by atoms with Gasteiger partial charge in [0.05, 0.1) is 5.69 Å². The van der Waals surface area contributed by atoms with E-state index in [9.17, 15) is 18.0 Å². The molecule has 0 bridgehead atoms. The van der Waals surface area contributed by atoms with Crippen LogP contribution < -0.4 is 10.6 Å². The summed E-state index contributed by atoms with van der Waals surface area (Å²) in [5.74, 6) is -4.84. The van der Waals surface area contributed by atoms with Gasteiger partial charge in [0.1, 0.15) is 6.04 Å². The molecule has 0 saturated carbocycles. The minimum absolute atomic E-state index is 0.0437. The first-order valence-electron chi connectivity index (χ1n) is 7.34. The number of anilines is 1. The fourth-order valence-corrected chi connectivity index (χ4v) is 2.39. The van der Waals surface area contributed by atoms with Crippen molar-refractivity contribution in [3.05, 3.63) is 64.4 Å². The van der Waals surface area contributed by atoms with Gasteiger partial charge in [0.25, 0.3) is 5.91 Å². The molecule has 0 aliphatic carbocycles. The predicted octanol–water partition coefficient (Wildman–Crippen LogP) is 3.41. The van der Waals surface area contributed by atoms with E-state index in [4.69, 9.17) is 11.6 Å². The molecule has 1 amide bonds. The van der Waals surface area contributed by atoms with Crippen molar-refractivity contribution in [1.29, 1.82) is 0 Å². The largest absolute Gasteiger partial charge is 0.330 e. The molecule has 0 radical (unpaired) electrons. The molecule has 0 spiro atoms. The van der Waals surface area contributed by atoms with Crippen molar-refractivity contribution in [1.82, 2.24) is 0 Å². The lowest BCUT2D eigenvalue weighted by Crippen LogP contribution is -2.91. The summed E-state index contributed by atoms with van der Waals surface area (Å²) in [6.07, 6.45) is 0. The summed E-state index contributed by atoms with van der Waals surface area (Å²) in [4.78, 5) is 12.1. The van der Waals surface area contributed by atoms with Crippen LogP contribution in [0.25, 0.3) is 0 Å². The van der Waals surface area contributed by atoms with Crippen LogP contribution in [0.1, 0.15) is 25.5 Å². The van der Waals surface area contributed by atoms with Crippen LogP contribution in [0.5, 0.6) is 0 Å². The number of quaternary nitrogens is 1. The van der Waals surface area contributed by atoms with E-state index in [0.29, 0.717) is 5.02 Å². The Balaban J connectivity index is 2.02. The molecule has 7 heteroatoms. The van der Waals surface area contributed by atoms with E-state index in [1.807, 2.05) is 19.1 Å². The first kappa shape index (κ1) is 18.3. The molecule has 0 unspecified atom stereocenters. The van der Waals surface area contributed by atoms with E-state index < -0.39 is 35.1 Å². The molecule has 128 valence electrons. The number of nitrogens with two attached hydrogens (primary N) is 1. The van der Waals surface area contributed by atoms with Crippen molar-refractivity contribution in [2.45, 2.75) is 25.9 Å². The second kappa shape index (κ2) is 7.68. The van der Waals surface area contributed by atoms with Crippen LogP contribution in [0.2, 0.25) is 5.02 Å². The summed E-state index contributed by atoms with van der Waals surface area (Å²) in [6.45, 7) is 3.55. The lowest BCUT2D eigenvalue weighted by molar-refractivity contribution is -0.709. The van der Waals surface area contributed by atoms with Crippen LogP contribution >= 0.6 is 11.6 Å². The Morgan fingerprint density at radius 3 is 2.29 bits per heavy atom. The van der Waals surface area contributed by atoms with E-state index in [1.165, 1.54) is 0 Å². The number of amides is 1. The summed E-state index contributed by atoms with van der Waals surface area (Å²) in [5, 5.41) is 4.66. The number of nitrogens with one attached hydrogen (secondary N) is 1. The maximum Gasteiger partial charge on any atom is 0.282 e. The lowest BCUT2D eigenvalue weighted by Gasteiger charge is -2.17. The molecule has 0 fully saturated rings. The maximum atomic E-state index is 13.6. The van der Waals surface area contributed by atoms with E-state index in [2.05, 4.69) is 5.32 Å². The fourth-order valence-electron chi connectivity index (χ4n) is 2.27. The van der Waals surface area contributed by atoms with E-state index >= 15 is 0 Å². The Labute approximate surface area is 142 Å². The molecule has 24 heavy (non-hydrogen) atoms. The molecule has 0 aromatic heterocycles. The Hall–Kier alpha value is -2.05. The average Bonchev–Trinajstić information content (AvgIpc) is 2.55. The summed E-state index contributed by atoms with van der Waals surface area (Å²) >= 11 is 5.83. The van der Waals surface area contributed by atoms with Gasteiger partial charge in [0, 0.05) is 10.6 Å².